The summed E-state index contributed by atoms with van der Waals surface area (Å²) in [7, 11) is 0. The fraction of sp³-hybridized carbons (Fsp3) is 0. The smallest absolute Gasteiger partial charge is 0.0562 e. The van der Waals surface area contributed by atoms with Gasteiger partial charge in [0.2, 0.25) is 0 Å². The van der Waals surface area contributed by atoms with Gasteiger partial charge in [0.15, 0.2) is 0 Å². The average Bonchev–Trinajstić information content (AvgIpc) is 3.83. The second kappa shape index (κ2) is 12.9. The Kier molecular flexibility index (Phi) is 7.18. The Bertz CT molecular complexity index is 3960. The zero-order chi connectivity index (χ0) is 39.3. The summed E-state index contributed by atoms with van der Waals surface area (Å²) in [4.78, 5) is 0. The second-order valence-corrected chi connectivity index (χ2v) is 16.9. The molecule has 0 aliphatic heterocycles. The van der Waals surface area contributed by atoms with Crippen molar-refractivity contribution >= 4 is 108 Å². The maximum Gasteiger partial charge on any atom is 0.0562 e. The lowest BCUT2D eigenvalue weighted by molar-refractivity contribution is 1.15. The summed E-state index contributed by atoms with van der Waals surface area (Å²) in [5.74, 6) is 0. The van der Waals surface area contributed by atoms with E-state index in [0.717, 1.165) is 44.2 Å². The first kappa shape index (κ1) is 33.3. The normalized spacial score (nSPS) is 12.0. The Morgan fingerprint density at radius 2 is 0.783 bits per heavy atom. The van der Waals surface area contributed by atoms with Gasteiger partial charge in [0.25, 0.3) is 0 Å². The summed E-state index contributed by atoms with van der Waals surface area (Å²) >= 11 is 1.86. The monoisotopic (exact) mass is 781 g/mol. The van der Waals surface area contributed by atoms with Crippen LogP contribution < -0.4 is 0 Å². The number of fused-ring (bicyclic) bond motifs is 12. The van der Waals surface area contributed by atoms with E-state index >= 15 is 0 Å². The van der Waals surface area contributed by atoms with Gasteiger partial charge in [-0.2, -0.15) is 0 Å². The van der Waals surface area contributed by atoms with Gasteiger partial charge in [0.1, 0.15) is 0 Å². The van der Waals surface area contributed by atoms with E-state index in [1.165, 1.54) is 69.2 Å². The predicted octanol–water partition coefficient (Wildman–Crippen LogP) is 15.6. The average molecular weight is 782 g/mol. The molecule has 13 aromatic rings. The molecule has 280 valence electrons. The summed E-state index contributed by atoms with van der Waals surface area (Å²) in [6.45, 7) is 0. The predicted molar refractivity (Wildman–Crippen MR) is 257 cm³/mol. The van der Waals surface area contributed by atoms with E-state index in [-0.39, 0.29) is 0 Å². The van der Waals surface area contributed by atoms with E-state index in [1.807, 2.05) is 11.3 Å². The number of rotatable bonds is 3. The SMILES string of the molecule is c1ccc2cc(-n3c4cccc(c4)c4cccc(c4)n(-c4ccc5c6ccccc6n(-c6cccc7ccccc67)c5c4)c4ccc5sc6ccc3cc6c5c4)ccc2c1. The Morgan fingerprint density at radius 1 is 0.267 bits per heavy atom. The molecule has 8 bridgehead atoms. The molecule has 0 aliphatic rings. The van der Waals surface area contributed by atoms with Gasteiger partial charge in [-0.15, -0.1) is 11.3 Å². The van der Waals surface area contributed by atoms with Crippen LogP contribution in [0.5, 0.6) is 0 Å². The Morgan fingerprint density at radius 3 is 1.52 bits per heavy atom. The van der Waals surface area contributed by atoms with Gasteiger partial charge in [-0.25, -0.2) is 0 Å². The molecule has 0 saturated carbocycles. The number of nitrogens with zero attached hydrogens (tertiary/aromatic N) is 3. The van der Waals surface area contributed by atoms with Crippen molar-refractivity contribution in [3.05, 3.63) is 212 Å². The number of aromatic nitrogens is 3. The molecule has 13 rings (SSSR count). The lowest BCUT2D eigenvalue weighted by Gasteiger charge is -2.15. The Balaban J connectivity index is 1.15. The minimum Gasteiger partial charge on any atom is -0.310 e. The van der Waals surface area contributed by atoms with Gasteiger partial charge in [0, 0.05) is 69.8 Å². The Labute approximate surface area is 349 Å². The van der Waals surface area contributed by atoms with Gasteiger partial charge in [0.05, 0.1) is 16.7 Å². The van der Waals surface area contributed by atoms with E-state index < -0.39 is 0 Å². The van der Waals surface area contributed by atoms with E-state index in [0.29, 0.717) is 0 Å². The van der Waals surface area contributed by atoms with E-state index in [9.17, 15) is 0 Å². The van der Waals surface area contributed by atoms with Crippen LogP contribution in [-0.4, -0.2) is 13.7 Å². The highest BCUT2D eigenvalue weighted by Gasteiger charge is 2.16. The summed E-state index contributed by atoms with van der Waals surface area (Å²) in [5, 5.41) is 12.2. The minimum atomic E-state index is 1.10. The van der Waals surface area contributed by atoms with Crippen LogP contribution in [-0.2, 0) is 0 Å². The maximum absolute atomic E-state index is 2.46. The highest BCUT2D eigenvalue weighted by atomic mass is 32.1. The molecule has 3 aromatic heterocycles. The van der Waals surface area contributed by atoms with Crippen LogP contribution in [0.4, 0.5) is 0 Å². The molecule has 3 heterocycles. The van der Waals surface area contributed by atoms with Crippen molar-refractivity contribution in [1.29, 1.82) is 0 Å². The van der Waals surface area contributed by atoms with Crippen LogP contribution >= 0.6 is 11.3 Å². The van der Waals surface area contributed by atoms with Gasteiger partial charge in [-0.3, -0.25) is 0 Å². The molecule has 4 heteroatoms. The van der Waals surface area contributed by atoms with Gasteiger partial charge in [-0.1, -0.05) is 115 Å². The van der Waals surface area contributed by atoms with Crippen LogP contribution in [0.3, 0.4) is 0 Å². The molecular weight excluding hydrogens is 747 g/mol. The number of thiophene rings is 1. The largest absolute Gasteiger partial charge is 0.310 e. The van der Waals surface area contributed by atoms with Crippen molar-refractivity contribution in [2.45, 2.75) is 0 Å². The van der Waals surface area contributed by atoms with Crippen LogP contribution in [0.15, 0.2) is 212 Å². The topological polar surface area (TPSA) is 14.8 Å². The molecule has 0 unspecified atom stereocenters. The fourth-order valence-corrected chi connectivity index (χ4v) is 10.7. The van der Waals surface area contributed by atoms with Crippen molar-refractivity contribution in [1.82, 2.24) is 13.7 Å². The number of para-hydroxylation sites is 1. The van der Waals surface area contributed by atoms with Crippen molar-refractivity contribution < 1.29 is 0 Å². The van der Waals surface area contributed by atoms with Crippen LogP contribution in [0.2, 0.25) is 0 Å². The molecule has 0 N–H and O–H groups in total. The highest BCUT2D eigenvalue weighted by molar-refractivity contribution is 7.25. The number of hydrogen-bond acceptors (Lipinski definition) is 1. The molecular formula is C56H35N3S. The van der Waals surface area contributed by atoms with Crippen LogP contribution in [0.1, 0.15) is 0 Å². The quantitative estimate of drug-likeness (QED) is 0.170. The summed E-state index contributed by atoms with van der Waals surface area (Å²) < 4.78 is 9.87. The molecule has 0 aliphatic carbocycles. The fourth-order valence-electron chi connectivity index (χ4n) is 9.65. The lowest BCUT2D eigenvalue weighted by Crippen LogP contribution is -1.99. The third-order valence-electron chi connectivity index (χ3n) is 12.4. The van der Waals surface area contributed by atoms with E-state index in [1.54, 1.807) is 0 Å². The first-order valence-corrected chi connectivity index (χ1v) is 21.3. The molecule has 0 spiro atoms. The van der Waals surface area contributed by atoms with Crippen LogP contribution in [0, 0.1) is 0 Å². The van der Waals surface area contributed by atoms with E-state index in [2.05, 4.69) is 226 Å². The lowest BCUT2D eigenvalue weighted by atomic mass is 10.1. The standard InChI is InChI=1S/C56H35N3S/c1-2-12-38-30-43(23-22-36(38)10-1)57-41-16-7-14-39(31-41)40-15-8-17-42(32-40)58(45-26-29-56-51(34-45)50-33-44(57)25-28-55(50)60-56)46-24-27-49-48-19-5-6-20-53(48)59(54(49)35-46)52-21-9-13-37-11-3-4-18-47(37)52/h1-35H. The van der Waals surface area contributed by atoms with Gasteiger partial charge >= 0.3 is 0 Å². The second-order valence-electron chi connectivity index (χ2n) is 15.8. The van der Waals surface area contributed by atoms with Crippen molar-refractivity contribution in [3.63, 3.8) is 0 Å². The summed E-state index contributed by atoms with van der Waals surface area (Å²) in [6.07, 6.45) is 0. The first-order valence-electron chi connectivity index (χ1n) is 20.5. The molecule has 10 aromatic carbocycles. The van der Waals surface area contributed by atoms with Gasteiger partial charge < -0.3 is 13.7 Å². The van der Waals surface area contributed by atoms with Crippen molar-refractivity contribution in [3.8, 4) is 17.1 Å². The zero-order valence-corrected chi connectivity index (χ0v) is 33.3. The van der Waals surface area contributed by atoms with Crippen LogP contribution in [0.25, 0.3) is 113 Å². The maximum atomic E-state index is 2.46. The minimum absolute atomic E-state index is 1.10. The van der Waals surface area contributed by atoms with Crippen molar-refractivity contribution in [2.24, 2.45) is 0 Å². The number of benzene rings is 10. The van der Waals surface area contributed by atoms with E-state index in [4.69, 9.17) is 0 Å². The Hall–Kier alpha value is -7.66. The molecule has 60 heavy (non-hydrogen) atoms. The molecule has 0 radical (unpaired) electrons. The zero-order valence-electron chi connectivity index (χ0n) is 32.5. The molecule has 0 amide bonds. The first-order chi connectivity index (χ1) is 29.7. The molecule has 3 nitrogen and oxygen atoms in total. The van der Waals surface area contributed by atoms with Crippen molar-refractivity contribution in [2.75, 3.05) is 0 Å². The number of hydrogen-bond donors (Lipinski definition) is 0. The molecule has 0 fully saturated rings. The molecule has 0 atom stereocenters. The molecule has 0 saturated heterocycles. The highest BCUT2D eigenvalue weighted by Crippen LogP contribution is 2.39. The third-order valence-corrected chi connectivity index (χ3v) is 13.6. The van der Waals surface area contributed by atoms with Gasteiger partial charge in [-0.05, 0) is 124 Å². The summed E-state index contributed by atoms with van der Waals surface area (Å²) in [6, 6.07) is 78.6. The summed E-state index contributed by atoms with van der Waals surface area (Å²) in [5.41, 5.74) is 10.3. The third kappa shape index (κ3) is 5.08.